The van der Waals surface area contributed by atoms with Crippen LogP contribution in [-0.2, 0) is 0 Å². The van der Waals surface area contributed by atoms with Crippen LogP contribution in [0.3, 0.4) is 0 Å². The van der Waals surface area contributed by atoms with Crippen LogP contribution in [0.1, 0.15) is 25.7 Å². The number of aliphatic hydroxyl groups is 1. The number of rotatable bonds is 2. The molecule has 4 N–H and O–H groups in total. The van der Waals surface area contributed by atoms with E-state index < -0.39 is 0 Å². The van der Waals surface area contributed by atoms with Gasteiger partial charge in [-0.1, -0.05) is 0 Å². The van der Waals surface area contributed by atoms with Gasteiger partial charge in [-0.15, -0.1) is 0 Å². The van der Waals surface area contributed by atoms with Gasteiger partial charge in [0, 0.05) is 5.70 Å². The molecule has 0 heterocycles. The van der Waals surface area contributed by atoms with Crippen LogP contribution in [0.4, 0.5) is 0 Å². The maximum absolute atomic E-state index is 8.69. The number of hydrogen-bond donors (Lipinski definition) is 3. The topological polar surface area (TPSA) is 70.1 Å². The summed E-state index contributed by atoms with van der Waals surface area (Å²) < 4.78 is 0. The van der Waals surface area contributed by atoms with Gasteiger partial charge in [-0.3, -0.25) is 0 Å². The third kappa shape index (κ3) is 1.80. The van der Waals surface area contributed by atoms with Gasteiger partial charge in [0.2, 0.25) is 0 Å². The predicted octanol–water partition coefficient (Wildman–Crippen LogP) is 0.785. The molecule has 0 amide bonds. The van der Waals surface area contributed by atoms with Crippen LogP contribution in [-0.4, -0.2) is 17.4 Å². The first-order valence-corrected chi connectivity index (χ1v) is 3.92. The second-order valence-corrected chi connectivity index (χ2v) is 2.85. The fourth-order valence-corrected chi connectivity index (χ4v) is 1.37. The highest BCUT2D eigenvalue weighted by molar-refractivity contribution is 5.99. The Morgan fingerprint density at radius 3 is 2.64 bits per heavy atom. The fraction of sp³-hybridized carbons (Fsp3) is 0.625. The molecule has 1 aliphatic carbocycles. The molecule has 0 spiro atoms. The summed E-state index contributed by atoms with van der Waals surface area (Å²) in [5.41, 5.74) is 7.65. The van der Waals surface area contributed by atoms with Gasteiger partial charge < -0.3 is 16.2 Å². The van der Waals surface area contributed by atoms with E-state index in [0.29, 0.717) is 5.71 Å². The van der Waals surface area contributed by atoms with Gasteiger partial charge in [0.15, 0.2) is 0 Å². The van der Waals surface area contributed by atoms with Crippen LogP contribution >= 0.6 is 0 Å². The van der Waals surface area contributed by atoms with Crippen molar-refractivity contribution in [1.82, 2.24) is 0 Å². The Labute approximate surface area is 66.4 Å². The van der Waals surface area contributed by atoms with E-state index in [1.165, 1.54) is 0 Å². The summed E-state index contributed by atoms with van der Waals surface area (Å²) >= 11 is 0. The molecule has 3 nitrogen and oxygen atoms in total. The zero-order valence-corrected chi connectivity index (χ0v) is 6.56. The largest absolute Gasteiger partial charge is 0.402 e. The summed E-state index contributed by atoms with van der Waals surface area (Å²) in [5.74, 6) is 0. The maximum atomic E-state index is 8.69. The molecule has 1 rings (SSSR count). The summed E-state index contributed by atoms with van der Waals surface area (Å²) in [6, 6.07) is 0. The Morgan fingerprint density at radius 2 is 2.09 bits per heavy atom. The average Bonchev–Trinajstić information content (AvgIpc) is 2.04. The Hall–Kier alpha value is -0.830. The van der Waals surface area contributed by atoms with E-state index >= 15 is 0 Å². The quantitative estimate of drug-likeness (QED) is 0.514. The molecule has 0 unspecified atom stereocenters. The van der Waals surface area contributed by atoms with Crippen molar-refractivity contribution in [3.63, 3.8) is 0 Å². The highest BCUT2D eigenvalue weighted by Crippen LogP contribution is 2.21. The van der Waals surface area contributed by atoms with Gasteiger partial charge in [-0.05, 0) is 31.3 Å². The molecule has 62 valence electrons. The van der Waals surface area contributed by atoms with E-state index in [-0.39, 0.29) is 6.61 Å². The molecule has 0 radical (unpaired) electrons. The molecule has 0 aliphatic heterocycles. The Morgan fingerprint density at radius 1 is 1.45 bits per heavy atom. The van der Waals surface area contributed by atoms with Crippen LogP contribution in [0, 0.1) is 5.41 Å². The van der Waals surface area contributed by atoms with E-state index in [2.05, 4.69) is 0 Å². The van der Waals surface area contributed by atoms with E-state index in [0.717, 1.165) is 37.0 Å². The smallest absolute Gasteiger partial charge is 0.0849 e. The van der Waals surface area contributed by atoms with E-state index in [4.69, 9.17) is 16.2 Å². The predicted molar refractivity (Wildman–Crippen MR) is 44.5 cm³/mol. The number of hydrogen-bond acceptors (Lipinski definition) is 3. The maximum Gasteiger partial charge on any atom is 0.0849 e. The van der Waals surface area contributed by atoms with Gasteiger partial charge in [-0.25, -0.2) is 0 Å². The highest BCUT2D eigenvalue weighted by atomic mass is 16.3. The molecule has 0 aromatic carbocycles. The summed E-state index contributed by atoms with van der Waals surface area (Å²) in [4.78, 5) is 0. The van der Waals surface area contributed by atoms with Crippen molar-refractivity contribution in [3.8, 4) is 0 Å². The number of aliphatic hydroxyl groups excluding tert-OH is 1. The second kappa shape index (κ2) is 3.53. The van der Waals surface area contributed by atoms with Crippen molar-refractivity contribution in [2.45, 2.75) is 25.7 Å². The fourth-order valence-electron chi connectivity index (χ4n) is 1.37. The zero-order chi connectivity index (χ0) is 8.27. The lowest BCUT2D eigenvalue weighted by molar-refractivity contribution is 0.356. The average molecular weight is 154 g/mol. The summed E-state index contributed by atoms with van der Waals surface area (Å²) in [6.45, 7) is -0.184. The monoisotopic (exact) mass is 154 g/mol. The summed E-state index contributed by atoms with van der Waals surface area (Å²) in [7, 11) is 0. The number of nitrogens with one attached hydrogen (secondary N) is 1. The minimum absolute atomic E-state index is 0.184. The van der Waals surface area contributed by atoms with Crippen LogP contribution in [0.5, 0.6) is 0 Å². The first-order valence-electron chi connectivity index (χ1n) is 3.92. The lowest BCUT2D eigenvalue weighted by atomic mass is 9.93. The van der Waals surface area contributed by atoms with Crippen LogP contribution in [0.15, 0.2) is 11.3 Å². The van der Waals surface area contributed by atoms with E-state index in [1.54, 1.807) is 0 Å². The van der Waals surface area contributed by atoms with Gasteiger partial charge >= 0.3 is 0 Å². The minimum Gasteiger partial charge on any atom is -0.402 e. The molecule has 0 bridgehead atoms. The molecule has 0 atom stereocenters. The number of nitrogens with two attached hydrogens (primary N) is 1. The molecule has 0 saturated heterocycles. The minimum atomic E-state index is -0.184. The zero-order valence-electron chi connectivity index (χ0n) is 6.56. The van der Waals surface area contributed by atoms with Crippen molar-refractivity contribution < 1.29 is 5.11 Å². The molecule has 1 aliphatic rings. The van der Waals surface area contributed by atoms with Gasteiger partial charge in [-0.2, -0.15) is 0 Å². The Balaban J connectivity index is 2.74. The molecule has 11 heavy (non-hydrogen) atoms. The van der Waals surface area contributed by atoms with Crippen molar-refractivity contribution in [2.75, 3.05) is 6.61 Å². The molecular weight excluding hydrogens is 140 g/mol. The summed E-state index contributed by atoms with van der Waals surface area (Å²) in [5, 5.41) is 16.1. The Bertz CT molecular complexity index is 196. The van der Waals surface area contributed by atoms with Crippen molar-refractivity contribution in [1.29, 1.82) is 5.41 Å². The van der Waals surface area contributed by atoms with Crippen molar-refractivity contribution in [3.05, 3.63) is 11.3 Å². The van der Waals surface area contributed by atoms with Crippen LogP contribution in [0.2, 0.25) is 0 Å². The third-order valence-corrected chi connectivity index (χ3v) is 2.03. The summed E-state index contributed by atoms with van der Waals surface area (Å²) in [6.07, 6.45) is 3.97. The van der Waals surface area contributed by atoms with Crippen molar-refractivity contribution in [2.24, 2.45) is 5.73 Å². The first-order chi connectivity index (χ1) is 5.25. The van der Waals surface area contributed by atoms with Gasteiger partial charge in [0.25, 0.3) is 0 Å². The standard InChI is InChI=1S/C8H14N2O/c9-7-4-2-1-3-6(7)8(10)5-11/h10-11H,1-5,9H2. The molecule has 3 heteroatoms. The van der Waals surface area contributed by atoms with Crippen LogP contribution in [0.25, 0.3) is 0 Å². The van der Waals surface area contributed by atoms with Gasteiger partial charge in [0.1, 0.15) is 0 Å². The molecule has 0 saturated carbocycles. The SMILES string of the molecule is N=C(CO)C1=C(N)CCCC1. The van der Waals surface area contributed by atoms with E-state index in [1.807, 2.05) is 0 Å². The molecule has 0 fully saturated rings. The highest BCUT2D eigenvalue weighted by Gasteiger charge is 2.12. The van der Waals surface area contributed by atoms with E-state index in [9.17, 15) is 0 Å². The van der Waals surface area contributed by atoms with Crippen molar-refractivity contribution >= 4 is 5.71 Å². The lowest BCUT2D eigenvalue weighted by Gasteiger charge is -2.16. The van der Waals surface area contributed by atoms with Gasteiger partial charge in [0.05, 0.1) is 12.3 Å². The molecule has 0 aromatic heterocycles. The molecule has 0 aromatic rings. The normalized spacial score (nSPS) is 18.6. The lowest BCUT2D eigenvalue weighted by Crippen LogP contribution is -2.16. The third-order valence-electron chi connectivity index (χ3n) is 2.03. The van der Waals surface area contributed by atoms with Crippen LogP contribution < -0.4 is 5.73 Å². The molecular formula is C8H14N2O. The first kappa shape index (κ1) is 8.27. The second-order valence-electron chi connectivity index (χ2n) is 2.85. The number of allylic oxidation sites excluding steroid dienone is 1. The Kier molecular flexibility index (Phi) is 2.65.